The number of sulfonamides is 1. The topological polar surface area (TPSA) is 120 Å². The molecule has 2 aromatic carbocycles. The van der Waals surface area contributed by atoms with Crippen LogP contribution >= 0.6 is 0 Å². The highest BCUT2D eigenvalue weighted by atomic mass is 32.2. The molecule has 1 unspecified atom stereocenters. The maximum absolute atomic E-state index is 11.5. The van der Waals surface area contributed by atoms with Crippen LogP contribution in [0.2, 0.25) is 0 Å². The summed E-state index contributed by atoms with van der Waals surface area (Å²) in [6.45, 7) is 0. The first-order valence-corrected chi connectivity index (χ1v) is 8.11. The lowest BCUT2D eigenvalue weighted by molar-refractivity contribution is 0.564. The van der Waals surface area contributed by atoms with Gasteiger partial charge in [-0.15, -0.1) is 0 Å². The summed E-state index contributed by atoms with van der Waals surface area (Å²) in [6.07, 6.45) is 0. The zero-order chi connectivity index (χ0) is 15.5. The highest BCUT2D eigenvalue weighted by Crippen LogP contribution is 2.23. The van der Waals surface area contributed by atoms with Crippen LogP contribution in [0.15, 0.2) is 62.8 Å². The molecule has 0 saturated heterocycles. The van der Waals surface area contributed by atoms with E-state index in [4.69, 9.17) is 10.1 Å². The second-order valence-electron chi connectivity index (χ2n) is 3.94. The van der Waals surface area contributed by atoms with E-state index in [0.717, 1.165) is 11.1 Å². The van der Waals surface area contributed by atoms with Gasteiger partial charge in [-0.05, 0) is 40.9 Å². The van der Waals surface area contributed by atoms with Gasteiger partial charge in [0.1, 0.15) is 0 Å². The lowest BCUT2D eigenvalue weighted by atomic mass is 10.1. The molecule has 7 nitrogen and oxygen atoms in total. The molecule has 0 amide bonds. The van der Waals surface area contributed by atoms with Crippen molar-refractivity contribution >= 4 is 21.1 Å². The molecular weight excluding hydrogens is 314 g/mol. The summed E-state index contributed by atoms with van der Waals surface area (Å²) in [5, 5.41) is 0. The van der Waals surface area contributed by atoms with Gasteiger partial charge in [0.15, 0.2) is 11.1 Å². The van der Waals surface area contributed by atoms with Crippen LogP contribution in [-0.4, -0.2) is 17.2 Å². The van der Waals surface area contributed by atoms with Crippen LogP contribution in [0.5, 0.6) is 0 Å². The van der Waals surface area contributed by atoms with Crippen LogP contribution in [-0.2, 0) is 21.1 Å². The van der Waals surface area contributed by atoms with Crippen molar-refractivity contribution < 1.29 is 17.2 Å². The fourth-order valence-electron chi connectivity index (χ4n) is 1.68. The summed E-state index contributed by atoms with van der Waals surface area (Å²) >= 11 is -2.04. The van der Waals surface area contributed by atoms with Gasteiger partial charge in [-0.25, -0.2) is 12.6 Å². The Kier molecular flexibility index (Phi) is 4.39. The molecule has 0 saturated carbocycles. The van der Waals surface area contributed by atoms with Crippen LogP contribution in [0.25, 0.3) is 21.6 Å². The summed E-state index contributed by atoms with van der Waals surface area (Å²) < 4.78 is 45.6. The lowest BCUT2D eigenvalue weighted by Crippen LogP contribution is -1.94. The average molecular weight is 323 g/mol. The van der Waals surface area contributed by atoms with Gasteiger partial charge in [-0.3, -0.25) is 0 Å². The molecule has 0 aliphatic rings. The van der Waals surface area contributed by atoms with E-state index in [0.29, 0.717) is 0 Å². The van der Waals surface area contributed by atoms with Gasteiger partial charge in [0.2, 0.25) is 0 Å². The summed E-state index contributed by atoms with van der Waals surface area (Å²) in [5.74, 6) is 0. The molecule has 2 aromatic rings. The van der Waals surface area contributed by atoms with Crippen molar-refractivity contribution in [2.24, 2.45) is 4.52 Å². The Balaban J connectivity index is 2.35. The van der Waals surface area contributed by atoms with Gasteiger partial charge in [0, 0.05) is 9.43 Å². The van der Waals surface area contributed by atoms with E-state index in [1.807, 2.05) is 0 Å². The third-order valence-corrected chi connectivity index (χ3v) is 4.52. The summed E-state index contributed by atoms with van der Waals surface area (Å²) in [7, 11) is -3.99. The third kappa shape index (κ3) is 3.47. The number of nitrogens with zero attached hydrogens (tertiary/aromatic N) is 3. The van der Waals surface area contributed by atoms with Gasteiger partial charge in [0.05, 0.1) is 9.79 Å². The number of rotatable bonds is 4. The molecule has 21 heavy (non-hydrogen) atoms. The Morgan fingerprint density at radius 3 is 1.90 bits per heavy atom. The van der Waals surface area contributed by atoms with Gasteiger partial charge in [-0.1, -0.05) is 24.3 Å². The molecule has 0 aliphatic heterocycles. The molecule has 1 atom stereocenters. The van der Waals surface area contributed by atoms with Crippen LogP contribution in [0.4, 0.5) is 0 Å². The maximum atomic E-state index is 11.5. The van der Waals surface area contributed by atoms with E-state index in [9.17, 15) is 12.6 Å². The Morgan fingerprint density at radius 2 is 1.48 bits per heavy atom. The molecule has 0 aliphatic carbocycles. The van der Waals surface area contributed by atoms with Crippen molar-refractivity contribution in [3.63, 3.8) is 0 Å². The molecule has 0 aromatic heterocycles. The number of benzene rings is 2. The molecule has 9 heteroatoms. The maximum Gasteiger partial charge on any atom is 0.264 e. The van der Waals surface area contributed by atoms with E-state index in [1.54, 1.807) is 24.3 Å². The van der Waals surface area contributed by atoms with Crippen molar-refractivity contribution in [2.75, 3.05) is 0 Å². The molecule has 1 N–H and O–H groups in total. The van der Waals surface area contributed by atoms with E-state index >= 15 is 0 Å². The number of hydrogen-bond donors (Lipinski definition) is 1. The minimum Gasteiger partial charge on any atom is -0.302 e. The standard InChI is InChI=1S/C12H9N3O4S2/c13-14-15-21(18,19)12-7-3-10(4-8-12)9-1-5-11(6-2-9)20(16)17/h1-8H,(H,16,17). The van der Waals surface area contributed by atoms with Gasteiger partial charge in [0.25, 0.3) is 10.0 Å². The normalized spacial score (nSPS) is 12.4. The van der Waals surface area contributed by atoms with Gasteiger partial charge < -0.3 is 4.55 Å². The molecule has 108 valence electrons. The van der Waals surface area contributed by atoms with Crippen molar-refractivity contribution in [2.45, 2.75) is 9.79 Å². The SMILES string of the molecule is [N-]=[N+]=NS(=O)(=O)c1ccc(-c2ccc(S(=O)O)cc2)cc1. The molecule has 0 radical (unpaired) electrons. The molecule has 0 spiro atoms. The van der Waals surface area contributed by atoms with Crippen LogP contribution in [0, 0.1) is 0 Å². The Labute approximate surface area is 123 Å². The average Bonchev–Trinajstić information content (AvgIpc) is 2.47. The van der Waals surface area contributed by atoms with E-state index in [1.165, 1.54) is 24.3 Å². The first-order chi connectivity index (χ1) is 9.94. The molecular formula is C12H9N3O4S2. The van der Waals surface area contributed by atoms with Crippen molar-refractivity contribution in [3.05, 3.63) is 59.0 Å². The lowest BCUT2D eigenvalue weighted by Gasteiger charge is -2.04. The Morgan fingerprint density at radius 1 is 1.00 bits per heavy atom. The molecule has 0 heterocycles. The summed E-state index contributed by atoms with van der Waals surface area (Å²) in [4.78, 5) is 2.45. The molecule has 2 rings (SSSR count). The molecule has 0 bridgehead atoms. The number of hydrogen-bond acceptors (Lipinski definition) is 3. The van der Waals surface area contributed by atoms with E-state index < -0.39 is 21.1 Å². The van der Waals surface area contributed by atoms with E-state index in [-0.39, 0.29) is 9.79 Å². The minimum absolute atomic E-state index is 0.0999. The van der Waals surface area contributed by atoms with Crippen LogP contribution in [0.3, 0.4) is 0 Å². The predicted molar refractivity (Wildman–Crippen MR) is 77.2 cm³/mol. The first kappa shape index (κ1) is 15.2. The smallest absolute Gasteiger partial charge is 0.264 e. The van der Waals surface area contributed by atoms with Crippen LogP contribution < -0.4 is 0 Å². The zero-order valence-electron chi connectivity index (χ0n) is 10.4. The van der Waals surface area contributed by atoms with Crippen molar-refractivity contribution in [3.8, 4) is 11.1 Å². The van der Waals surface area contributed by atoms with Crippen molar-refractivity contribution in [1.29, 1.82) is 0 Å². The minimum atomic E-state index is -3.99. The fraction of sp³-hybridized carbons (Fsp3) is 0. The third-order valence-electron chi connectivity index (χ3n) is 2.69. The van der Waals surface area contributed by atoms with Gasteiger partial charge >= 0.3 is 0 Å². The quantitative estimate of drug-likeness (QED) is 0.402. The second-order valence-corrected chi connectivity index (χ2v) is 6.50. The summed E-state index contributed by atoms with van der Waals surface area (Å²) in [5.41, 5.74) is 9.69. The Hall–Kier alpha value is -2.19. The predicted octanol–water partition coefficient (Wildman–Crippen LogP) is 2.93. The van der Waals surface area contributed by atoms with Crippen molar-refractivity contribution in [1.82, 2.24) is 0 Å². The van der Waals surface area contributed by atoms with Gasteiger partial charge in [-0.2, -0.15) is 0 Å². The largest absolute Gasteiger partial charge is 0.302 e. The second kappa shape index (κ2) is 6.06. The Bertz CT molecular complexity index is 824. The highest BCUT2D eigenvalue weighted by molar-refractivity contribution is 7.90. The van der Waals surface area contributed by atoms with Crippen LogP contribution in [0.1, 0.15) is 0 Å². The summed E-state index contributed by atoms with van der Waals surface area (Å²) in [6, 6.07) is 12.1. The first-order valence-electron chi connectivity index (χ1n) is 5.57. The number of azide groups is 1. The fourth-order valence-corrected chi connectivity index (χ4v) is 2.72. The highest BCUT2D eigenvalue weighted by Gasteiger charge is 2.11. The molecule has 0 fully saturated rings. The monoisotopic (exact) mass is 323 g/mol. The van der Waals surface area contributed by atoms with E-state index in [2.05, 4.69) is 9.43 Å². The zero-order valence-corrected chi connectivity index (χ0v) is 12.1.